The van der Waals surface area contributed by atoms with Gasteiger partial charge in [0, 0.05) is 10.9 Å². The van der Waals surface area contributed by atoms with Crippen molar-refractivity contribution in [3.8, 4) is 0 Å². The van der Waals surface area contributed by atoms with Crippen molar-refractivity contribution >= 4 is 28.6 Å². The highest BCUT2D eigenvalue weighted by molar-refractivity contribution is 6.28. The van der Waals surface area contributed by atoms with Gasteiger partial charge >= 0.3 is 5.97 Å². The number of carboxylic acid groups (broad SMARTS) is 1. The number of aromatic carboxylic acids is 1. The topological polar surface area (TPSA) is 83.5 Å². The van der Waals surface area contributed by atoms with E-state index in [2.05, 4.69) is 5.32 Å². The van der Waals surface area contributed by atoms with Gasteiger partial charge in [0.15, 0.2) is 0 Å². The van der Waals surface area contributed by atoms with Gasteiger partial charge in [-0.2, -0.15) is 0 Å². The Hall–Kier alpha value is -2.69. The van der Waals surface area contributed by atoms with Crippen LogP contribution in [0.4, 0.5) is 0 Å². The van der Waals surface area contributed by atoms with E-state index in [4.69, 9.17) is 5.11 Å². The molecule has 88 valence electrons. The number of carbonyl (C=O) groups is 3. The van der Waals surface area contributed by atoms with E-state index in [1.165, 1.54) is 6.07 Å². The number of carbonyl (C=O) groups excluding carboxylic acids is 2. The second-order valence-corrected chi connectivity index (χ2v) is 3.98. The Labute approximate surface area is 101 Å². The van der Waals surface area contributed by atoms with Gasteiger partial charge in [-0.1, -0.05) is 18.2 Å². The lowest BCUT2D eigenvalue weighted by Gasteiger charge is -2.17. The van der Waals surface area contributed by atoms with Crippen molar-refractivity contribution in [2.75, 3.05) is 0 Å². The minimum absolute atomic E-state index is 0.0511. The van der Waals surface area contributed by atoms with Gasteiger partial charge in [-0.05, 0) is 17.5 Å². The molecular formula is C13H7NO4. The molecule has 5 nitrogen and oxygen atoms in total. The molecule has 1 aliphatic rings. The van der Waals surface area contributed by atoms with Crippen LogP contribution in [0, 0.1) is 0 Å². The number of amides is 2. The molecule has 2 N–H and O–H groups in total. The first-order valence-corrected chi connectivity index (χ1v) is 5.24. The third-order valence-corrected chi connectivity index (χ3v) is 2.97. The van der Waals surface area contributed by atoms with Gasteiger partial charge in [-0.25, -0.2) is 4.79 Å². The molecule has 0 aliphatic carbocycles. The first-order chi connectivity index (χ1) is 8.59. The van der Waals surface area contributed by atoms with E-state index < -0.39 is 17.8 Å². The Morgan fingerprint density at radius 1 is 1.06 bits per heavy atom. The lowest BCUT2D eigenvalue weighted by molar-refractivity contribution is 0.0687. The molecule has 2 aromatic rings. The summed E-state index contributed by atoms with van der Waals surface area (Å²) in [6.45, 7) is 0. The molecular weight excluding hydrogens is 234 g/mol. The van der Waals surface area contributed by atoms with Crippen molar-refractivity contribution in [1.82, 2.24) is 5.32 Å². The van der Waals surface area contributed by atoms with Gasteiger partial charge in [-0.15, -0.1) is 0 Å². The Morgan fingerprint density at radius 3 is 2.56 bits per heavy atom. The van der Waals surface area contributed by atoms with E-state index in [1.54, 1.807) is 24.3 Å². The molecule has 1 heterocycles. The van der Waals surface area contributed by atoms with Crippen molar-refractivity contribution in [2.24, 2.45) is 0 Å². The molecule has 18 heavy (non-hydrogen) atoms. The van der Waals surface area contributed by atoms with E-state index in [1.807, 2.05) is 0 Å². The molecule has 0 saturated heterocycles. The maximum atomic E-state index is 11.8. The number of nitrogens with one attached hydrogen (secondary N) is 1. The van der Waals surface area contributed by atoms with Crippen molar-refractivity contribution in [2.45, 2.75) is 0 Å². The Balaban J connectivity index is 2.55. The Kier molecular flexibility index (Phi) is 1.98. The number of carboxylic acids is 1. The fourth-order valence-electron chi connectivity index (χ4n) is 2.22. The van der Waals surface area contributed by atoms with Crippen LogP contribution in [0.25, 0.3) is 10.8 Å². The third-order valence-electron chi connectivity index (χ3n) is 2.97. The van der Waals surface area contributed by atoms with Gasteiger partial charge in [0.2, 0.25) is 0 Å². The first-order valence-electron chi connectivity index (χ1n) is 5.24. The maximum absolute atomic E-state index is 11.8. The van der Waals surface area contributed by atoms with Crippen LogP contribution >= 0.6 is 0 Å². The van der Waals surface area contributed by atoms with Crippen LogP contribution < -0.4 is 5.32 Å². The second-order valence-electron chi connectivity index (χ2n) is 3.98. The van der Waals surface area contributed by atoms with Gasteiger partial charge in [0.05, 0.1) is 11.1 Å². The van der Waals surface area contributed by atoms with Crippen LogP contribution in [0.3, 0.4) is 0 Å². The quantitative estimate of drug-likeness (QED) is 0.739. The summed E-state index contributed by atoms with van der Waals surface area (Å²) >= 11 is 0. The van der Waals surface area contributed by atoms with Crippen LogP contribution in [0.2, 0.25) is 0 Å². The van der Waals surface area contributed by atoms with Crippen molar-refractivity contribution in [1.29, 1.82) is 0 Å². The standard InChI is InChI=1S/C13H7NO4/c15-11-7-3-1-2-6-4-5-8(13(17)18)10(9(6)7)12(16)14-11/h1-5H,(H,17,18)(H,14,15,16). The average Bonchev–Trinajstić information content (AvgIpc) is 2.34. The molecule has 2 amide bonds. The smallest absolute Gasteiger partial charge is 0.336 e. The van der Waals surface area contributed by atoms with Crippen molar-refractivity contribution < 1.29 is 19.5 Å². The normalized spacial score (nSPS) is 13.6. The summed E-state index contributed by atoms with van der Waals surface area (Å²) in [5, 5.41) is 12.3. The Bertz CT molecular complexity index is 733. The molecule has 3 rings (SSSR count). The summed E-state index contributed by atoms with van der Waals surface area (Å²) in [5.74, 6) is -2.35. The average molecular weight is 241 g/mol. The summed E-state index contributed by atoms with van der Waals surface area (Å²) in [5.41, 5.74) is 0.278. The summed E-state index contributed by atoms with van der Waals surface area (Å²) in [4.78, 5) is 34.6. The van der Waals surface area contributed by atoms with Crippen LogP contribution in [0.5, 0.6) is 0 Å². The van der Waals surface area contributed by atoms with Crippen molar-refractivity contribution in [3.05, 3.63) is 47.0 Å². The predicted octanol–water partition coefficient (Wildman–Crippen LogP) is 1.42. The molecule has 0 spiro atoms. The predicted molar refractivity (Wildman–Crippen MR) is 62.7 cm³/mol. The maximum Gasteiger partial charge on any atom is 0.336 e. The summed E-state index contributed by atoms with van der Waals surface area (Å²) in [6, 6.07) is 7.97. The summed E-state index contributed by atoms with van der Waals surface area (Å²) in [6.07, 6.45) is 0. The zero-order valence-corrected chi connectivity index (χ0v) is 9.06. The molecule has 5 heteroatoms. The first kappa shape index (κ1) is 10.5. The fraction of sp³-hybridized carbons (Fsp3) is 0. The summed E-state index contributed by atoms with van der Waals surface area (Å²) < 4.78 is 0. The zero-order chi connectivity index (χ0) is 12.9. The largest absolute Gasteiger partial charge is 0.478 e. The minimum atomic E-state index is -1.19. The van der Waals surface area contributed by atoms with E-state index in [-0.39, 0.29) is 11.1 Å². The molecule has 2 aromatic carbocycles. The van der Waals surface area contributed by atoms with Crippen molar-refractivity contribution in [3.63, 3.8) is 0 Å². The molecule has 0 fully saturated rings. The van der Waals surface area contributed by atoms with Gasteiger partial charge < -0.3 is 5.11 Å². The molecule has 0 aromatic heterocycles. The Morgan fingerprint density at radius 2 is 1.83 bits per heavy atom. The van der Waals surface area contributed by atoms with Gasteiger partial charge in [0.25, 0.3) is 11.8 Å². The molecule has 1 aliphatic heterocycles. The highest BCUT2D eigenvalue weighted by Crippen LogP contribution is 2.29. The highest BCUT2D eigenvalue weighted by Gasteiger charge is 2.28. The van der Waals surface area contributed by atoms with E-state index in [0.29, 0.717) is 16.3 Å². The van der Waals surface area contributed by atoms with Crippen LogP contribution in [-0.4, -0.2) is 22.9 Å². The molecule has 0 unspecified atom stereocenters. The van der Waals surface area contributed by atoms with Crippen LogP contribution in [0.15, 0.2) is 30.3 Å². The number of benzene rings is 2. The number of hydrogen-bond acceptors (Lipinski definition) is 3. The zero-order valence-electron chi connectivity index (χ0n) is 9.06. The third kappa shape index (κ3) is 1.24. The van der Waals surface area contributed by atoms with Gasteiger partial charge in [0.1, 0.15) is 0 Å². The van der Waals surface area contributed by atoms with E-state index >= 15 is 0 Å². The second kappa shape index (κ2) is 3.40. The number of hydrogen-bond donors (Lipinski definition) is 2. The SMILES string of the molecule is O=C(O)c1ccc2cccc3c2c1C(=O)NC3=O. The molecule has 0 bridgehead atoms. The number of rotatable bonds is 1. The fourth-order valence-corrected chi connectivity index (χ4v) is 2.22. The molecule has 0 radical (unpaired) electrons. The monoisotopic (exact) mass is 241 g/mol. The lowest BCUT2D eigenvalue weighted by Crippen LogP contribution is -2.36. The summed E-state index contributed by atoms with van der Waals surface area (Å²) in [7, 11) is 0. The lowest BCUT2D eigenvalue weighted by atomic mass is 9.91. The minimum Gasteiger partial charge on any atom is -0.478 e. The highest BCUT2D eigenvalue weighted by atomic mass is 16.4. The van der Waals surface area contributed by atoms with E-state index in [0.717, 1.165) is 0 Å². The molecule has 0 saturated carbocycles. The van der Waals surface area contributed by atoms with Gasteiger partial charge in [-0.3, -0.25) is 14.9 Å². The number of imide groups is 1. The van der Waals surface area contributed by atoms with Crippen LogP contribution in [-0.2, 0) is 0 Å². The molecule has 0 atom stereocenters. The van der Waals surface area contributed by atoms with E-state index in [9.17, 15) is 14.4 Å². The van der Waals surface area contributed by atoms with Crippen LogP contribution in [0.1, 0.15) is 31.1 Å².